The smallest absolute Gasteiger partial charge is 0.267 e. The summed E-state index contributed by atoms with van der Waals surface area (Å²) in [6.07, 6.45) is 3.95. The summed E-state index contributed by atoms with van der Waals surface area (Å²) >= 11 is 5.87. The van der Waals surface area contributed by atoms with Crippen LogP contribution in [0.5, 0.6) is 0 Å². The average molecular weight is 304 g/mol. The van der Waals surface area contributed by atoms with Crippen molar-refractivity contribution in [2.75, 3.05) is 18.4 Å². The molecule has 1 aliphatic heterocycles. The van der Waals surface area contributed by atoms with E-state index >= 15 is 0 Å². The molecule has 0 saturated carbocycles. The van der Waals surface area contributed by atoms with Crippen molar-refractivity contribution in [2.45, 2.75) is 19.8 Å². The molecule has 110 valence electrons. The molecule has 5 heteroatoms. The molecule has 1 heterocycles. The second-order valence-corrected chi connectivity index (χ2v) is 5.80. The Labute approximate surface area is 130 Å². The summed E-state index contributed by atoms with van der Waals surface area (Å²) in [6.45, 7) is 3.95. The Morgan fingerprint density at radius 1 is 1.57 bits per heavy atom. The van der Waals surface area contributed by atoms with Crippen LogP contribution in [0.2, 0.25) is 5.02 Å². The predicted octanol–water partition coefficient (Wildman–Crippen LogP) is 3.42. The number of benzene rings is 1. The van der Waals surface area contributed by atoms with Crippen LogP contribution in [-0.2, 0) is 4.79 Å². The Kier molecular flexibility index (Phi) is 5.24. The second kappa shape index (κ2) is 7.14. The van der Waals surface area contributed by atoms with Crippen LogP contribution in [0.1, 0.15) is 19.8 Å². The molecule has 0 unspecified atom stereocenters. The fraction of sp³-hybridized carbons (Fsp3) is 0.375. The van der Waals surface area contributed by atoms with Crippen molar-refractivity contribution in [1.29, 1.82) is 5.26 Å². The van der Waals surface area contributed by atoms with Crippen LogP contribution in [0.25, 0.3) is 0 Å². The molecule has 1 aromatic carbocycles. The molecule has 0 aromatic heterocycles. The summed E-state index contributed by atoms with van der Waals surface area (Å²) in [5, 5.41) is 12.4. The van der Waals surface area contributed by atoms with Crippen molar-refractivity contribution in [3.8, 4) is 6.07 Å². The van der Waals surface area contributed by atoms with Crippen LogP contribution >= 0.6 is 11.6 Å². The largest absolute Gasteiger partial charge is 0.376 e. The number of anilines is 1. The van der Waals surface area contributed by atoms with Gasteiger partial charge < -0.3 is 10.2 Å². The number of carbonyl (C=O) groups excluding carboxylic acids is 1. The number of piperidine rings is 1. The maximum Gasteiger partial charge on any atom is 0.267 e. The van der Waals surface area contributed by atoms with Gasteiger partial charge in [-0.2, -0.15) is 5.26 Å². The minimum Gasteiger partial charge on any atom is -0.376 e. The van der Waals surface area contributed by atoms with Gasteiger partial charge in [0.1, 0.15) is 11.6 Å². The zero-order chi connectivity index (χ0) is 15.2. The van der Waals surface area contributed by atoms with Crippen LogP contribution in [0, 0.1) is 17.2 Å². The molecule has 1 aliphatic rings. The minimum atomic E-state index is -0.405. The van der Waals surface area contributed by atoms with Crippen LogP contribution in [0.3, 0.4) is 0 Å². The molecule has 0 spiro atoms. The molecule has 1 fully saturated rings. The van der Waals surface area contributed by atoms with Gasteiger partial charge in [0.25, 0.3) is 5.91 Å². The van der Waals surface area contributed by atoms with Crippen molar-refractivity contribution in [3.63, 3.8) is 0 Å². The van der Waals surface area contributed by atoms with Gasteiger partial charge in [0, 0.05) is 30.0 Å². The van der Waals surface area contributed by atoms with Crippen LogP contribution in [0.15, 0.2) is 36.0 Å². The summed E-state index contributed by atoms with van der Waals surface area (Å²) in [7, 11) is 0. The fourth-order valence-electron chi connectivity index (χ4n) is 2.43. The Morgan fingerprint density at radius 2 is 2.38 bits per heavy atom. The lowest BCUT2D eigenvalue weighted by molar-refractivity contribution is -0.112. The maximum absolute atomic E-state index is 12.1. The lowest BCUT2D eigenvalue weighted by Gasteiger charge is -2.29. The zero-order valence-corrected chi connectivity index (χ0v) is 12.7. The molecule has 1 atom stereocenters. The van der Waals surface area contributed by atoms with Crippen molar-refractivity contribution < 1.29 is 4.79 Å². The van der Waals surface area contributed by atoms with Gasteiger partial charge in [-0.15, -0.1) is 0 Å². The van der Waals surface area contributed by atoms with Crippen LogP contribution in [-0.4, -0.2) is 23.9 Å². The topological polar surface area (TPSA) is 56.1 Å². The third-order valence-electron chi connectivity index (χ3n) is 3.45. The summed E-state index contributed by atoms with van der Waals surface area (Å²) < 4.78 is 0. The molecule has 2 rings (SSSR count). The standard InChI is InChI=1S/C16H18ClN3O/c1-12-4-3-7-20(10-12)11-13(9-18)16(21)19-15-6-2-5-14(17)8-15/h2,5-6,8,11-12H,3-4,7,10H2,1H3,(H,19,21)/t12-/m1/s1. The van der Waals surface area contributed by atoms with Gasteiger partial charge >= 0.3 is 0 Å². The predicted molar refractivity (Wildman–Crippen MR) is 83.7 cm³/mol. The molecule has 4 nitrogen and oxygen atoms in total. The van der Waals surface area contributed by atoms with Crippen molar-refractivity contribution >= 4 is 23.2 Å². The van der Waals surface area contributed by atoms with E-state index in [0.29, 0.717) is 16.6 Å². The van der Waals surface area contributed by atoms with Gasteiger partial charge in [-0.05, 0) is 37.0 Å². The first-order valence-electron chi connectivity index (χ1n) is 7.01. The average Bonchev–Trinajstić information content (AvgIpc) is 2.44. The molecule has 1 aromatic rings. The Hall–Kier alpha value is -1.99. The van der Waals surface area contributed by atoms with E-state index in [-0.39, 0.29) is 5.57 Å². The van der Waals surface area contributed by atoms with Crippen molar-refractivity contribution in [2.24, 2.45) is 5.92 Å². The highest BCUT2D eigenvalue weighted by atomic mass is 35.5. The lowest BCUT2D eigenvalue weighted by Crippen LogP contribution is -2.31. The molecule has 21 heavy (non-hydrogen) atoms. The van der Waals surface area contributed by atoms with E-state index in [2.05, 4.69) is 12.2 Å². The van der Waals surface area contributed by atoms with Crippen molar-refractivity contribution in [1.82, 2.24) is 4.90 Å². The van der Waals surface area contributed by atoms with Crippen LogP contribution in [0.4, 0.5) is 5.69 Å². The number of amides is 1. The number of hydrogen-bond acceptors (Lipinski definition) is 3. The molecular formula is C16H18ClN3O. The highest BCUT2D eigenvalue weighted by molar-refractivity contribution is 6.31. The number of rotatable bonds is 3. The van der Waals surface area contributed by atoms with E-state index < -0.39 is 5.91 Å². The van der Waals surface area contributed by atoms with Crippen LogP contribution < -0.4 is 5.32 Å². The summed E-state index contributed by atoms with van der Waals surface area (Å²) in [6, 6.07) is 8.84. The zero-order valence-electron chi connectivity index (χ0n) is 12.0. The van der Waals surface area contributed by atoms with Gasteiger partial charge in [0.05, 0.1) is 0 Å². The highest BCUT2D eigenvalue weighted by Gasteiger charge is 2.16. The molecular weight excluding hydrogens is 286 g/mol. The van der Waals surface area contributed by atoms with E-state index in [1.807, 2.05) is 11.0 Å². The number of nitrogens with zero attached hydrogens (tertiary/aromatic N) is 2. The first kappa shape index (κ1) is 15.4. The van der Waals surface area contributed by atoms with E-state index in [0.717, 1.165) is 19.5 Å². The summed E-state index contributed by atoms with van der Waals surface area (Å²) in [4.78, 5) is 14.2. The number of likely N-dealkylation sites (tertiary alicyclic amines) is 1. The minimum absolute atomic E-state index is 0.115. The first-order chi connectivity index (χ1) is 10.1. The van der Waals surface area contributed by atoms with E-state index in [1.54, 1.807) is 30.5 Å². The number of carbonyl (C=O) groups is 1. The van der Waals surface area contributed by atoms with Gasteiger partial charge in [-0.1, -0.05) is 24.6 Å². The molecule has 0 radical (unpaired) electrons. The quantitative estimate of drug-likeness (QED) is 0.687. The SMILES string of the molecule is C[C@@H]1CCCN(C=C(C#N)C(=O)Nc2cccc(Cl)c2)C1. The van der Waals surface area contributed by atoms with Gasteiger partial charge in [-0.3, -0.25) is 4.79 Å². The normalized spacial score (nSPS) is 19.0. The molecule has 1 saturated heterocycles. The monoisotopic (exact) mass is 303 g/mol. The highest BCUT2D eigenvalue weighted by Crippen LogP contribution is 2.18. The molecule has 0 bridgehead atoms. The fourth-order valence-corrected chi connectivity index (χ4v) is 2.62. The lowest BCUT2D eigenvalue weighted by atomic mass is 10.0. The molecule has 0 aliphatic carbocycles. The van der Waals surface area contributed by atoms with Gasteiger partial charge in [0.2, 0.25) is 0 Å². The Morgan fingerprint density at radius 3 is 3.05 bits per heavy atom. The number of hydrogen-bond donors (Lipinski definition) is 1. The molecule has 1 N–H and O–H groups in total. The van der Waals surface area contributed by atoms with Gasteiger partial charge in [0.15, 0.2) is 0 Å². The number of nitrogens with one attached hydrogen (secondary N) is 1. The van der Waals surface area contributed by atoms with Crippen molar-refractivity contribution in [3.05, 3.63) is 41.1 Å². The van der Waals surface area contributed by atoms with Gasteiger partial charge in [-0.25, -0.2) is 0 Å². The third-order valence-corrected chi connectivity index (χ3v) is 3.68. The van der Waals surface area contributed by atoms with E-state index in [9.17, 15) is 10.1 Å². The maximum atomic E-state index is 12.1. The summed E-state index contributed by atoms with van der Waals surface area (Å²) in [5.74, 6) is 0.184. The Balaban J connectivity index is 2.06. The third kappa shape index (κ3) is 4.51. The summed E-state index contributed by atoms with van der Waals surface area (Å²) in [5.41, 5.74) is 0.699. The van der Waals surface area contributed by atoms with E-state index in [4.69, 9.17) is 11.6 Å². The molecule has 1 amide bonds. The number of nitriles is 1. The first-order valence-corrected chi connectivity index (χ1v) is 7.39. The second-order valence-electron chi connectivity index (χ2n) is 5.36. The number of halogens is 1. The Bertz CT molecular complexity index is 591. The van der Waals surface area contributed by atoms with E-state index in [1.165, 1.54) is 6.42 Å².